The lowest BCUT2D eigenvalue weighted by Crippen LogP contribution is -2.25. The number of aryl methyl sites for hydroxylation is 1. The number of rotatable bonds is 7. The van der Waals surface area contributed by atoms with E-state index in [1.807, 2.05) is 41.2 Å². The molecule has 0 spiro atoms. The molecule has 4 heteroatoms. The fourth-order valence-corrected chi connectivity index (χ4v) is 1.93. The summed E-state index contributed by atoms with van der Waals surface area (Å²) < 4.78 is 7.56. The average Bonchev–Trinajstić information content (AvgIpc) is 2.87. The number of aromatic nitrogens is 2. The first-order chi connectivity index (χ1) is 9.28. The number of hydrogen-bond acceptors (Lipinski definition) is 3. The second-order valence-corrected chi connectivity index (χ2v) is 4.62. The van der Waals surface area contributed by atoms with E-state index in [4.69, 9.17) is 10.5 Å². The molecule has 2 aromatic rings. The van der Waals surface area contributed by atoms with Crippen molar-refractivity contribution in [3.05, 3.63) is 48.3 Å². The number of ether oxygens (including phenoxy) is 1. The molecule has 0 aliphatic rings. The van der Waals surface area contributed by atoms with Crippen LogP contribution in [0.25, 0.3) is 0 Å². The maximum Gasteiger partial charge on any atom is 0.119 e. The van der Waals surface area contributed by atoms with Gasteiger partial charge in [0.25, 0.3) is 0 Å². The summed E-state index contributed by atoms with van der Waals surface area (Å²) >= 11 is 0. The molecule has 1 atom stereocenters. The summed E-state index contributed by atoms with van der Waals surface area (Å²) in [5.74, 6) is 0.897. The van der Waals surface area contributed by atoms with E-state index in [2.05, 4.69) is 18.2 Å². The fraction of sp³-hybridized carbons (Fsp3) is 0.400. The molecule has 2 rings (SSSR count). The van der Waals surface area contributed by atoms with E-state index in [0.717, 1.165) is 25.1 Å². The minimum Gasteiger partial charge on any atom is -0.494 e. The predicted molar refractivity (Wildman–Crippen MR) is 76.1 cm³/mol. The lowest BCUT2D eigenvalue weighted by Gasteiger charge is -2.11. The number of para-hydroxylation sites is 1. The highest BCUT2D eigenvalue weighted by atomic mass is 16.5. The minimum absolute atomic E-state index is 0.109. The van der Waals surface area contributed by atoms with Crippen LogP contribution in [0.5, 0.6) is 5.75 Å². The number of nitrogens with two attached hydrogens (primary N) is 1. The normalized spacial score (nSPS) is 12.3. The van der Waals surface area contributed by atoms with Crippen LogP contribution in [0.15, 0.2) is 42.7 Å². The Bertz CT molecular complexity index is 481. The first kappa shape index (κ1) is 13.6. The summed E-state index contributed by atoms with van der Waals surface area (Å²) in [7, 11) is 0. The fourth-order valence-electron chi connectivity index (χ4n) is 1.93. The molecule has 0 aliphatic heterocycles. The molecule has 0 saturated heterocycles. The van der Waals surface area contributed by atoms with Crippen LogP contribution in [0.4, 0.5) is 0 Å². The van der Waals surface area contributed by atoms with Crippen molar-refractivity contribution >= 4 is 0 Å². The van der Waals surface area contributed by atoms with Gasteiger partial charge in [-0.05, 0) is 37.5 Å². The molecule has 102 valence electrons. The Labute approximate surface area is 114 Å². The topological polar surface area (TPSA) is 53.1 Å². The van der Waals surface area contributed by atoms with Gasteiger partial charge in [-0.3, -0.25) is 4.68 Å². The van der Waals surface area contributed by atoms with Gasteiger partial charge in [0.05, 0.1) is 12.8 Å². The van der Waals surface area contributed by atoms with Gasteiger partial charge in [0, 0.05) is 18.8 Å². The van der Waals surface area contributed by atoms with Gasteiger partial charge < -0.3 is 10.5 Å². The summed E-state index contributed by atoms with van der Waals surface area (Å²) in [5, 5.41) is 4.25. The van der Waals surface area contributed by atoms with E-state index in [1.54, 1.807) is 0 Å². The van der Waals surface area contributed by atoms with Crippen LogP contribution in [0.1, 0.15) is 18.9 Å². The van der Waals surface area contributed by atoms with Gasteiger partial charge in [-0.1, -0.05) is 18.2 Å². The zero-order valence-corrected chi connectivity index (χ0v) is 11.3. The third-order valence-corrected chi connectivity index (χ3v) is 3.01. The van der Waals surface area contributed by atoms with E-state index in [1.165, 1.54) is 5.56 Å². The lowest BCUT2D eigenvalue weighted by molar-refractivity contribution is 0.297. The molecule has 0 fully saturated rings. The van der Waals surface area contributed by atoms with Crippen LogP contribution in [0.3, 0.4) is 0 Å². The lowest BCUT2D eigenvalue weighted by atomic mass is 10.1. The maximum absolute atomic E-state index is 6.10. The van der Waals surface area contributed by atoms with Gasteiger partial charge in [0.2, 0.25) is 0 Å². The van der Waals surface area contributed by atoms with Crippen LogP contribution in [0.2, 0.25) is 0 Å². The van der Waals surface area contributed by atoms with Crippen LogP contribution < -0.4 is 10.5 Å². The molecular formula is C15H21N3O. The molecule has 1 aromatic heterocycles. The van der Waals surface area contributed by atoms with E-state index >= 15 is 0 Å². The van der Waals surface area contributed by atoms with Gasteiger partial charge >= 0.3 is 0 Å². The second kappa shape index (κ2) is 6.95. The first-order valence-electron chi connectivity index (χ1n) is 6.72. The Kier molecular flexibility index (Phi) is 4.98. The van der Waals surface area contributed by atoms with Gasteiger partial charge in [-0.15, -0.1) is 0 Å². The Morgan fingerprint density at radius 1 is 1.32 bits per heavy atom. The first-order valence-corrected chi connectivity index (χ1v) is 6.72. The highest BCUT2D eigenvalue weighted by molar-refractivity contribution is 5.20. The Balaban J connectivity index is 1.71. The van der Waals surface area contributed by atoms with Gasteiger partial charge in [-0.2, -0.15) is 5.10 Å². The molecule has 0 aliphatic carbocycles. The van der Waals surface area contributed by atoms with E-state index < -0.39 is 0 Å². The van der Waals surface area contributed by atoms with Crippen molar-refractivity contribution in [2.24, 2.45) is 5.73 Å². The third kappa shape index (κ3) is 4.41. The molecule has 1 unspecified atom stereocenters. The van der Waals surface area contributed by atoms with Crippen molar-refractivity contribution in [3.8, 4) is 5.75 Å². The Morgan fingerprint density at radius 3 is 2.79 bits per heavy atom. The summed E-state index contributed by atoms with van der Waals surface area (Å²) in [4.78, 5) is 0. The highest BCUT2D eigenvalue weighted by Crippen LogP contribution is 2.09. The third-order valence-electron chi connectivity index (χ3n) is 3.01. The quantitative estimate of drug-likeness (QED) is 0.829. The minimum atomic E-state index is 0.109. The van der Waals surface area contributed by atoms with Crippen molar-refractivity contribution in [3.63, 3.8) is 0 Å². The van der Waals surface area contributed by atoms with Crippen molar-refractivity contribution in [1.29, 1.82) is 0 Å². The molecule has 19 heavy (non-hydrogen) atoms. The summed E-state index contributed by atoms with van der Waals surface area (Å²) in [6.07, 6.45) is 5.63. The molecule has 0 bridgehead atoms. The highest BCUT2D eigenvalue weighted by Gasteiger charge is 2.06. The number of nitrogens with zero attached hydrogens (tertiary/aromatic N) is 2. The van der Waals surface area contributed by atoms with Crippen molar-refractivity contribution in [1.82, 2.24) is 9.78 Å². The SMILES string of the molecule is CCn1cc(CC(N)CCOc2ccccc2)cn1. The van der Waals surface area contributed by atoms with Crippen LogP contribution in [-0.4, -0.2) is 22.4 Å². The summed E-state index contributed by atoms with van der Waals surface area (Å²) in [6, 6.07) is 9.93. The Morgan fingerprint density at radius 2 is 2.11 bits per heavy atom. The van der Waals surface area contributed by atoms with Crippen molar-refractivity contribution in [2.45, 2.75) is 32.4 Å². The number of hydrogen-bond donors (Lipinski definition) is 1. The van der Waals surface area contributed by atoms with Crippen molar-refractivity contribution in [2.75, 3.05) is 6.61 Å². The molecule has 0 saturated carbocycles. The molecule has 1 heterocycles. The van der Waals surface area contributed by atoms with Crippen molar-refractivity contribution < 1.29 is 4.74 Å². The largest absolute Gasteiger partial charge is 0.494 e. The standard InChI is InChI=1S/C15H21N3O/c1-2-18-12-13(11-17-18)10-14(16)8-9-19-15-6-4-3-5-7-15/h3-7,11-12,14H,2,8-10,16H2,1H3. The van der Waals surface area contributed by atoms with Crippen LogP contribution >= 0.6 is 0 Å². The van der Waals surface area contributed by atoms with Crippen LogP contribution in [-0.2, 0) is 13.0 Å². The monoisotopic (exact) mass is 259 g/mol. The summed E-state index contributed by atoms with van der Waals surface area (Å²) in [5.41, 5.74) is 7.29. The smallest absolute Gasteiger partial charge is 0.119 e. The van der Waals surface area contributed by atoms with Gasteiger partial charge in [0.1, 0.15) is 5.75 Å². The zero-order valence-electron chi connectivity index (χ0n) is 11.3. The van der Waals surface area contributed by atoms with Crippen LogP contribution in [0, 0.1) is 0 Å². The molecule has 2 N–H and O–H groups in total. The van der Waals surface area contributed by atoms with E-state index in [-0.39, 0.29) is 6.04 Å². The average molecular weight is 259 g/mol. The molecule has 0 radical (unpaired) electrons. The van der Waals surface area contributed by atoms with E-state index in [9.17, 15) is 0 Å². The van der Waals surface area contributed by atoms with Gasteiger partial charge in [-0.25, -0.2) is 0 Å². The van der Waals surface area contributed by atoms with Gasteiger partial charge in [0.15, 0.2) is 0 Å². The summed E-state index contributed by atoms with van der Waals surface area (Å²) in [6.45, 7) is 3.61. The van der Waals surface area contributed by atoms with E-state index in [0.29, 0.717) is 6.61 Å². The molecule has 0 amide bonds. The molecule has 4 nitrogen and oxygen atoms in total. The molecular weight excluding hydrogens is 238 g/mol. The predicted octanol–water partition coefficient (Wildman–Crippen LogP) is 2.24. The maximum atomic E-state index is 6.10. The Hall–Kier alpha value is -1.81. The molecule has 1 aromatic carbocycles. The second-order valence-electron chi connectivity index (χ2n) is 4.62. The number of benzene rings is 1. The zero-order chi connectivity index (χ0) is 13.5.